The summed E-state index contributed by atoms with van der Waals surface area (Å²) in [7, 11) is 0. The van der Waals surface area contributed by atoms with E-state index in [-0.39, 0.29) is 23.8 Å². The Bertz CT molecular complexity index is 2160. The van der Waals surface area contributed by atoms with Crippen molar-refractivity contribution in [3.63, 3.8) is 0 Å². The zero-order valence-electron chi connectivity index (χ0n) is 32.1. The van der Waals surface area contributed by atoms with E-state index in [4.69, 9.17) is 0 Å². The second kappa shape index (κ2) is 16.9. The first kappa shape index (κ1) is 39.0. The number of hydrogen-bond donors (Lipinski definition) is 4. The topological polar surface area (TPSA) is 170 Å². The first-order valence-corrected chi connectivity index (χ1v) is 19.8. The Balaban J connectivity index is 1.06. The van der Waals surface area contributed by atoms with Gasteiger partial charge in [-0.1, -0.05) is 36.8 Å². The van der Waals surface area contributed by atoms with Gasteiger partial charge in [0.2, 0.25) is 0 Å². The Morgan fingerprint density at radius 2 is 1.45 bits per heavy atom. The predicted octanol–water partition coefficient (Wildman–Crippen LogP) is 7.26. The van der Waals surface area contributed by atoms with Gasteiger partial charge < -0.3 is 20.6 Å². The first-order valence-electron chi connectivity index (χ1n) is 19.8. The molecular weight excluding hydrogens is 709 g/mol. The Kier molecular flexibility index (Phi) is 11.7. The number of rotatable bonds is 16. The summed E-state index contributed by atoms with van der Waals surface area (Å²) in [5.74, 6) is -2.37. The van der Waals surface area contributed by atoms with Crippen LogP contribution in [0.3, 0.4) is 0 Å². The highest BCUT2D eigenvalue weighted by Crippen LogP contribution is 2.43. The van der Waals surface area contributed by atoms with Crippen LogP contribution in [-0.2, 0) is 29.0 Å². The minimum Gasteiger partial charge on any atom is -0.481 e. The van der Waals surface area contributed by atoms with Crippen LogP contribution in [0.4, 0.5) is 5.69 Å². The van der Waals surface area contributed by atoms with Crippen molar-refractivity contribution >= 4 is 29.3 Å². The van der Waals surface area contributed by atoms with Gasteiger partial charge in [0.15, 0.2) is 5.78 Å². The zero-order valence-corrected chi connectivity index (χ0v) is 32.1. The summed E-state index contributed by atoms with van der Waals surface area (Å²) in [5.41, 5.74) is 10.0. The van der Waals surface area contributed by atoms with E-state index >= 15 is 0 Å². The third kappa shape index (κ3) is 8.74. The van der Waals surface area contributed by atoms with Gasteiger partial charge in [-0.2, -0.15) is 0 Å². The van der Waals surface area contributed by atoms with E-state index in [9.17, 15) is 34.5 Å². The van der Waals surface area contributed by atoms with Crippen molar-refractivity contribution in [2.45, 2.75) is 102 Å². The summed E-state index contributed by atoms with van der Waals surface area (Å²) < 4.78 is 0. The average molecular weight is 759 g/mol. The van der Waals surface area contributed by atoms with Gasteiger partial charge in [0.25, 0.3) is 5.91 Å². The molecule has 2 aliphatic carbocycles. The highest BCUT2D eigenvalue weighted by molar-refractivity contribution is 6.04. The number of carbonyl (C=O) groups is 4. The van der Waals surface area contributed by atoms with Crippen LogP contribution in [0.1, 0.15) is 123 Å². The number of piperidine rings is 1. The van der Waals surface area contributed by atoms with E-state index in [0.29, 0.717) is 49.0 Å². The lowest BCUT2D eigenvalue weighted by Gasteiger charge is -2.33. The second-order valence-electron chi connectivity index (χ2n) is 15.8. The van der Waals surface area contributed by atoms with E-state index in [1.165, 1.54) is 0 Å². The van der Waals surface area contributed by atoms with Crippen LogP contribution in [0.5, 0.6) is 0 Å². The lowest BCUT2D eigenvalue weighted by Crippen LogP contribution is -2.44. The fourth-order valence-corrected chi connectivity index (χ4v) is 8.15. The molecule has 0 spiro atoms. The number of aliphatic hydroxyl groups is 1. The number of pyridine rings is 2. The minimum absolute atomic E-state index is 0.0722. The smallest absolute Gasteiger partial charge is 0.320 e. The predicted molar refractivity (Wildman–Crippen MR) is 212 cm³/mol. The molecule has 2 aromatic carbocycles. The summed E-state index contributed by atoms with van der Waals surface area (Å²) in [4.78, 5) is 61.8. The van der Waals surface area contributed by atoms with E-state index in [1.54, 1.807) is 12.4 Å². The maximum atomic E-state index is 13.8. The Hall–Kier alpha value is -5.26. The maximum Gasteiger partial charge on any atom is 0.320 e. The van der Waals surface area contributed by atoms with Gasteiger partial charge in [0.1, 0.15) is 17.4 Å². The summed E-state index contributed by atoms with van der Waals surface area (Å²) >= 11 is 0. The number of aromatic nitrogens is 2. The number of amides is 1. The van der Waals surface area contributed by atoms with Crippen molar-refractivity contribution < 1.29 is 34.5 Å². The third-order valence-electron chi connectivity index (χ3n) is 11.9. The largest absolute Gasteiger partial charge is 0.481 e. The highest BCUT2D eigenvalue weighted by Gasteiger charge is 2.33. The van der Waals surface area contributed by atoms with Gasteiger partial charge in [-0.15, -0.1) is 0 Å². The van der Waals surface area contributed by atoms with Crippen molar-refractivity contribution in [3.05, 3.63) is 111 Å². The Morgan fingerprint density at radius 3 is 2.12 bits per heavy atom. The second-order valence-corrected chi connectivity index (χ2v) is 15.8. The fraction of sp³-hybridized carbons (Fsp3) is 0.422. The van der Waals surface area contributed by atoms with Crippen molar-refractivity contribution in [1.29, 1.82) is 0 Å². The molecule has 3 aliphatic rings. The normalized spacial score (nSPS) is 17.7. The molecule has 1 saturated heterocycles. The molecule has 0 radical (unpaired) electrons. The number of carbonyl (C=O) groups excluding carboxylic acids is 2. The molecule has 56 heavy (non-hydrogen) atoms. The molecular formula is C45H50N4O7. The molecule has 7 rings (SSSR count). The molecule has 2 aromatic heterocycles. The number of hydrogen-bond acceptors (Lipinski definition) is 8. The number of anilines is 1. The van der Waals surface area contributed by atoms with Gasteiger partial charge >= 0.3 is 11.9 Å². The zero-order chi connectivity index (χ0) is 39.5. The van der Waals surface area contributed by atoms with Crippen LogP contribution in [0.2, 0.25) is 0 Å². The van der Waals surface area contributed by atoms with Crippen LogP contribution < -0.4 is 5.32 Å². The SMILES string of the molecule is Cc1c(CC(=O)c2cc(C3CC3)c(CN3CCCC[C@H]3C(=O)O)cn2)cccc1-c1cccc(NC(=O)c2cc(C3CC3)c(CC[C@@H](CO)C(=O)O)cn2)c1C. The monoisotopic (exact) mass is 758 g/mol. The number of aliphatic carboxylic acids is 2. The number of carboxylic acid groups (broad SMARTS) is 2. The minimum atomic E-state index is -1.03. The molecule has 292 valence electrons. The molecule has 2 saturated carbocycles. The van der Waals surface area contributed by atoms with Crippen molar-refractivity contribution in [1.82, 2.24) is 14.9 Å². The van der Waals surface area contributed by atoms with Crippen molar-refractivity contribution in [3.8, 4) is 11.1 Å². The third-order valence-corrected chi connectivity index (χ3v) is 11.9. The molecule has 0 bridgehead atoms. The molecule has 4 N–H and O–H groups in total. The number of ketones is 1. The van der Waals surface area contributed by atoms with Gasteiger partial charge in [-0.05, 0) is 152 Å². The van der Waals surface area contributed by atoms with Gasteiger partial charge in [-0.25, -0.2) is 0 Å². The molecule has 3 heterocycles. The van der Waals surface area contributed by atoms with E-state index in [0.717, 1.165) is 95.1 Å². The van der Waals surface area contributed by atoms with Crippen LogP contribution in [0.15, 0.2) is 60.9 Å². The van der Waals surface area contributed by atoms with Gasteiger partial charge in [0, 0.05) is 31.0 Å². The summed E-state index contributed by atoms with van der Waals surface area (Å²) in [6.07, 6.45) is 11.1. The lowest BCUT2D eigenvalue weighted by molar-refractivity contribution is -0.145. The molecule has 3 fully saturated rings. The molecule has 1 amide bonds. The number of carboxylic acids is 2. The van der Waals surface area contributed by atoms with Gasteiger partial charge in [-0.3, -0.25) is 34.0 Å². The fourth-order valence-electron chi connectivity index (χ4n) is 8.15. The lowest BCUT2D eigenvalue weighted by atomic mass is 9.90. The Labute approximate surface area is 327 Å². The number of Topliss-reactive ketones (excluding diaryl/α,β-unsaturated/α-hetero) is 1. The number of aliphatic hydroxyl groups excluding tert-OH is 1. The van der Waals surface area contributed by atoms with Crippen LogP contribution in [0, 0.1) is 19.8 Å². The first-order chi connectivity index (χ1) is 27.0. The molecule has 4 aromatic rings. The summed E-state index contributed by atoms with van der Waals surface area (Å²) in [6.45, 7) is 4.81. The van der Waals surface area contributed by atoms with Crippen LogP contribution >= 0.6 is 0 Å². The van der Waals surface area contributed by atoms with Gasteiger partial charge in [0.05, 0.1) is 12.5 Å². The van der Waals surface area contributed by atoms with Crippen molar-refractivity contribution in [2.24, 2.45) is 5.92 Å². The summed E-state index contributed by atoms with van der Waals surface area (Å²) in [5, 5.41) is 31.7. The average Bonchev–Trinajstić information content (AvgIpc) is 4.12. The standard InChI is InChI=1S/C45H50N4O7/c1-26-30(19-42(51)39-20-37(29-14-15-29)33(23-46-39)24-49-18-4-3-11-41(49)45(55)56)7-5-8-34(26)35-9-6-10-38(27(35)2)48-43(52)40-21-36(28-12-13-28)31(22-47-40)16-17-32(25-50)44(53)54/h5-10,20-23,28-29,32,41,50H,3-4,11-19,24-25H2,1-2H3,(H,48,52)(H,53,54)(H,55,56)/t32-,41-/m0/s1. The maximum absolute atomic E-state index is 13.8. The molecule has 1 aliphatic heterocycles. The number of benzene rings is 2. The van der Waals surface area contributed by atoms with Crippen molar-refractivity contribution in [2.75, 3.05) is 18.5 Å². The molecule has 11 nitrogen and oxygen atoms in total. The van der Waals surface area contributed by atoms with E-state index < -0.39 is 30.5 Å². The quantitative estimate of drug-likeness (QED) is 0.0854. The van der Waals surface area contributed by atoms with E-state index in [1.807, 2.05) is 67.3 Å². The van der Waals surface area contributed by atoms with E-state index in [2.05, 4.69) is 15.3 Å². The number of nitrogens with zero attached hydrogens (tertiary/aromatic N) is 3. The molecule has 11 heteroatoms. The number of aryl methyl sites for hydroxylation is 1. The Morgan fingerprint density at radius 1 is 0.804 bits per heavy atom. The highest BCUT2D eigenvalue weighted by atomic mass is 16.4. The molecule has 0 unspecified atom stereocenters. The number of likely N-dealkylation sites (tertiary alicyclic amines) is 1. The summed E-state index contributed by atoms with van der Waals surface area (Å²) in [6, 6.07) is 15.0. The number of nitrogens with one attached hydrogen (secondary N) is 1. The van der Waals surface area contributed by atoms with Crippen LogP contribution in [0.25, 0.3) is 11.1 Å². The molecule has 2 atom stereocenters. The van der Waals surface area contributed by atoms with Crippen LogP contribution in [-0.4, -0.2) is 73.0 Å².